The first-order valence-electron chi connectivity index (χ1n) is 5.86. The van der Waals surface area contributed by atoms with Crippen molar-refractivity contribution in [2.45, 2.75) is 25.1 Å². The molecule has 0 fully saturated rings. The van der Waals surface area contributed by atoms with Crippen LogP contribution in [0.2, 0.25) is 0 Å². The number of aromatic nitrogens is 1. The molecule has 8 heteroatoms. The summed E-state index contributed by atoms with van der Waals surface area (Å²) in [7, 11) is 1.48. The van der Waals surface area contributed by atoms with Gasteiger partial charge in [0, 0.05) is 19.9 Å². The number of rotatable bonds is 7. The number of nitrogens with zero attached hydrogens (tertiary/aromatic N) is 1. The Balaban J connectivity index is 2.76. The van der Waals surface area contributed by atoms with Gasteiger partial charge in [0.1, 0.15) is 11.9 Å². The highest BCUT2D eigenvalue weighted by Gasteiger charge is 2.31. The Kier molecular flexibility index (Phi) is 5.75. The monoisotopic (exact) mass is 292 g/mol. The summed E-state index contributed by atoms with van der Waals surface area (Å²) in [6.45, 7) is 0.376. The van der Waals surface area contributed by atoms with Crippen molar-refractivity contribution < 1.29 is 27.8 Å². The molecule has 5 nitrogen and oxygen atoms in total. The molecule has 0 spiro atoms. The molecule has 2 N–H and O–H groups in total. The molecule has 0 aliphatic carbocycles. The largest absolute Gasteiger partial charge is 0.480 e. The molecule has 0 aliphatic rings. The van der Waals surface area contributed by atoms with E-state index in [2.05, 4.69) is 10.3 Å². The lowest BCUT2D eigenvalue weighted by Gasteiger charge is -2.16. The fourth-order valence-corrected chi connectivity index (χ4v) is 1.55. The van der Waals surface area contributed by atoms with E-state index in [1.54, 1.807) is 0 Å². The van der Waals surface area contributed by atoms with Crippen LogP contribution in [0.5, 0.6) is 0 Å². The van der Waals surface area contributed by atoms with Gasteiger partial charge in [-0.2, -0.15) is 13.2 Å². The maximum atomic E-state index is 12.5. The molecule has 1 heterocycles. The number of pyridine rings is 1. The average molecular weight is 292 g/mol. The van der Waals surface area contributed by atoms with Crippen LogP contribution in [0.25, 0.3) is 0 Å². The molecule has 1 unspecified atom stereocenters. The smallest absolute Gasteiger partial charge is 0.416 e. The van der Waals surface area contributed by atoms with Gasteiger partial charge in [0.25, 0.3) is 0 Å². The summed E-state index contributed by atoms with van der Waals surface area (Å²) in [5, 5.41) is 11.5. The third kappa shape index (κ3) is 5.04. The Morgan fingerprint density at radius 1 is 1.55 bits per heavy atom. The number of ether oxygens (including phenoxy) is 1. The Bertz CT molecular complexity index is 452. The maximum Gasteiger partial charge on any atom is 0.416 e. The fourth-order valence-electron chi connectivity index (χ4n) is 1.55. The summed E-state index contributed by atoms with van der Waals surface area (Å²) in [4.78, 5) is 14.7. The van der Waals surface area contributed by atoms with Crippen LogP contribution in [-0.2, 0) is 15.7 Å². The van der Waals surface area contributed by atoms with Gasteiger partial charge in [-0.25, -0.2) is 9.78 Å². The summed E-state index contributed by atoms with van der Waals surface area (Å²) >= 11 is 0. The van der Waals surface area contributed by atoms with E-state index in [0.29, 0.717) is 13.0 Å². The molecule has 1 atom stereocenters. The van der Waals surface area contributed by atoms with Crippen molar-refractivity contribution in [3.05, 3.63) is 23.9 Å². The highest BCUT2D eigenvalue weighted by molar-refractivity contribution is 5.76. The van der Waals surface area contributed by atoms with Gasteiger partial charge >= 0.3 is 12.1 Å². The first-order chi connectivity index (χ1) is 9.34. The SMILES string of the molecule is COCCCC(Nc1cc(C(F)(F)F)ccn1)C(=O)O. The second kappa shape index (κ2) is 7.09. The Labute approximate surface area is 113 Å². The van der Waals surface area contributed by atoms with E-state index in [4.69, 9.17) is 9.84 Å². The minimum absolute atomic E-state index is 0.121. The van der Waals surface area contributed by atoms with E-state index in [1.807, 2.05) is 0 Å². The number of carboxylic acid groups (broad SMARTS) is 1. The van der Waals surface area contributed by atoms with Gasteiger partial charge < -0.3 is 15.2 Å². The van der Waals surface area contributed by atoms with Crippen LogP contribution in [0.1, 0.15) is 18.4 Å². The minimum Gasteiger partial charge on any atom is -0.480 e. The van der Waals surface area contributed by atoms with Crippen LogP contribution in [0, 0.1) is 0 Å². The molecule has 0 saturated heterocycles. The van der Waals surface area contributed by atoms with Crippen LogP contribution >= 0.6 is 0 Å². The zero-order valence-electron chi connectivity index (χ0n) is 10.8. The molecule has 1 aromatic rings. The van der Waals surface area contributed by atoms with Gasteiger partial charge in [-0.1, -0.05) is 0 Å². The molecule has 0 aliphatic heterocycles. The van der Waals surface area contributed by atoms with Crippen molar-refractivity contribution in [3.63, 3.8) is 0 Å². The molecule has 0 bridgehead atoms. The van der Waals surface area contributed by atoms with Gasteiger partial charge in [0.05, 0.1) is 5.56 Å². The van der Waals surface area contributed by atoms with Crippen LogP contribution < -0.4 is 5.32 Å². The molecule has 0 amide bonds. The summed E-state index contributed by atoms with van der Waals surface area (Å²) in [5.74, 6) is -1.27. The Morgan fingerprint density at radius 3 is 2.80 bits per heavy atom. The number of nitrogens with one attached hydrogen (secondary N) is 1. The predicted octanol–water partition coefficient (Wildman–Crippen LogP) is 2.39. The van der Waals surface area contributed by atoms with Crippen LogP contribution in [-0.4, -0.2) is 35.8 Å². The second-order valence-corrected chi connectivity index (χ2v) is 4.10. The predicted molar refractivity (Wildman–Crippen MR) is 65.4 cm³/mol. The summed E-state index contributed by atoms with van der Waals surface area (Å²) in [6, 6.07) is 0.596. The zero-order chi connectivity index (χ0) is 15.2. The number of anilines is 1. The zero-order valence-corrected chi connectivity index (χ0v) is 10.8. The minimum atomic E-state index is -4.49. The summed E-state index contributed by atoms with van der Waals surface area (Å²) < 4.78 is 42.4. The molecule has 0 saturated carbocycles. The lowest BCUT2D eigenvalue weighted by atomic mass is 10.1. The van der Waals surface area contributed by atoms with Gasteiger partial charge in [0.2, 0.25) is 0 Å². The lowest BCUT2D eigenvalue weighted by Crippen LogP contribution is -2.30. The lowest BCUT2D eigenvalue weighted by molar-refractivity contribution is -0.138. The highest BCUT2D eigenvalue weighted by Crippen LogP contribution is 2.30. The first-order valence-corrected chi connectivity index (χ1v) is 5.86. The normalized spacial score (nSPS) is 13.0. The standard InChI is InChI=1S/C12H15F3N2O3/c1-20-6-2-3-9(11(18)19)17-10-7-8(4-5-16-10)12(13,14)15/h4-5,7,9H,2-3,6H2,1H3,(H,16,17)(H,18,19). The van der Waals surface area contributed by atoms with Crippen LogP contribution in [0.3, 0.4) is 0 Å². The van der Waals surface area contributed by atoms with Crippen molar-refractivity contribution >= 4 is 11.8 Å². The van der Waals surface area contributed by atoms with E-state index in [-0.39, 0.29) is 12.2 Å². The molecular weight excluding hydrogens is 277 g/mol. The van der Waals surface area contributed by atoms with E-state index < -0.39 is 23.8 Å². The molecule has 1 aromatic heterocycles. The number of hydrogen-bond acceptors (Lipinski definition) is 4. The third-order valence-corrected chi connectivity index (χ3v) is 2.55. The topological polar surface area (TPSA) is 71.5 Å². The maximum absolute atomic E-state index is 12.5. The van der Waals surface area contributed by atoms with E-state index >= 15 is 0 Å². The number of halogens is 3. The number of aliphatic carboxylic acids is 1. The van der Waals surface area contributed by atoms with Gasteiger partial charge in [0.15, 0.2) is 0 Å². The Morgan fingerprint density at radius 2 is 2.25 bits per heavy atom. The molecule has 1 rings (SSSR count). The fraction of sp³-hybridized carbons (Fsp3) is 0.500. The molecule has 112 valence electrons. The van der Waals surface area contributed by atoms with Crippen molar-refractivity contribution in [1.82, 2.24) is 4.98 Å². The second-order valence-electron chi connectivity index (χ2n) is 4.10. The number of carboxylic acids is 1. The van der Waals surface area contributed by atoms with Gasteiger partial charge in [-0.3, -0.25) is 0 Å². The average Bonchev–Trinajstić information content (AvgIpc) is 2.37. The number of methoxy groups -OCH3 is 1. The van der Waals surface area contributed by atoms with Crippen molar-refractivity contribution in [1.29, 1.82) is 0 Å². The van der Waals surface area contributed by atoms with Crippen molar-refractivity contribution in [2.75, 3.05) is 19.0 Å². The molecule has 0 radical (unpaired) electrons. The molecule has 20 heavy (non-hydrogen) atoms. The van der Waals surface area contributed by atoms with E-state index in [9.17, 15) is 18.0 Å². The third-order valence-electron chi connectivity index (χ3n) is 2.55. The first kappa shape index (κ1) is 16.2. The van der Waals surface area contributed by atoms with E-state index in [0.717, 1.165) is 18.3 Å². The number of hydrogen-bond donors (Lipinski definition) is 2. The molecular formula is C12H15F3N2O3. The number of carbonyl (C=O) groups is 1. The van der Waals surface area contributed by atoms with Crippen molar-refractivity contribution in [2.24, 2.45) is 0 Å². The quantitative estimate of drug-likeness (QED) is 0.755. The summed E-state index contributed by atoms with van der Waals surface area (Å²) in [6.07, 6.45) is -2.81. The van der Waals surface area contributed by atoms with Crippen LogP contribution in [0.4, 0.5) is 19.0 Å². The Hall–Kier alpha value is -1.83. The van der Waals surface area contributed by atoms with Gasteiger partial charge in [-0.05, 0) is 25.0 Å². The van der Waals surface area contributed by atoms with Gasteiger partial charge in [-0.15, -0.1) is 0 Å². The van der Waals surface area contributed by atoms with Crippen molar-refractivity contribution in [3.8, 4) is 0 Å². The molecule has 0 aromatic carbocycles. The summed E-state index contributed by atoms with van der Waals surface area (Å²) in [5.41, 5.74) is -0.879. The highest BCUT2D eigenvalue weighted by atomic mass is 19.4. The number of alkyl halides is 3. The van der Waals surface area contributed by atoms with Crippen LogP contribution in [0.15, 0.2) is 18.3 Å². The van der Waals surface area contributed by atoms with E-state index in [1.165, 1.54) is 7.11 Å².